The van der Waals surface area contributed by atoms with E-state index >= 15 is 0 Å². The molecule has 1 aromatic heterocycles. The van der Waals surface area contributed by atoms with Gasteiger partial charge in [-0.15, -0.1) is 0 Å². The van der Waals surface area contributed by atoms with E-state index < -0.39 is 54.9 Å². The lowest BCUT2D eigenvalue weighted by Crippen LogP contribution is -2.37. The summed E-state index contributed by atoms with van der Waals surface area (Å²) in [7, 11) is 1.13. The number of hydrogen-bond donors (Lipinski definition) is 3. The number of ether oxygens (including phenoxy) is 2. The van der Waals surface area contributed by atoms with Crippen molar-refractivity contribution < 1.29 is 28.9 Å². The highest BCUT2D eigenvalue weighted by atomic mass is 19.1. The van der Waals surface area contributed by atoms with Crippen molar-refractivity contribution in [2.45, 2.75) is 31.0 Å². The van der Waals surface area contributed by atoms with Crippen LogP contribution in [0.3, 0.4) is 0 Å². The van der Waals surface area contributed by atoms with Gasteiger partial charge in [0.15, 0.2) is 12.4 Å². The molecule has 0 aromatic carbocycles. The maximum Gasteiger partial charge on any atom is 0.330 e. The molecule has 10 heteroatoms. The summed E-state index contributed by atoms with van der Waals surface area (Å²) in [4.78, 5) is 36.6. The molecule has 1 saturated heterocycles. The third kappa shape index (κ3) is 2.93. The van der Waals surface area contributed by atoms with E-state index in [2.05, 4.69) is 4.74 Å². The Bertz CT molecular complexity index is 670. The molecule has 0 aliphatic carbocycles. The zero-order valence-corrected chi connectivity index (χ0v) is 11.6. The number of alkyl halides is 1. The highest BCUT2D eigenvalue weighted by Crippen LogP contribution is 2.30. The van der Waals surface area contributed by atoms with E-state index in [4.69, 9.17) is 9.84 Å². The maximum atomic E-state index is 14.0. The van der Waals surface area contributed by atoms with Crippen LogP contribution in [0.5, 0.6) is 0 Å². The Morgan fingerprint density at radius 3 is 2.77 bits per heavy atom. The summed E-state index contributed by atoms with van der Waals surface area (Å²) in [5.41, 5.74) is -1.89. The zero-order chi connectivity index (χ0) is 16.4. The van der Waals surface area contributed by atoms with Crippen molar-refractivity contribution in [1.29, 1.82) is 0 Å². The minimum atomic E-state index is -1.98. The third-order valence-electron chi connectivity index (χ3n) is 3.35. The van der Waals surface area contributed by atoms with Gasteiger partial charge in [0.05, 0.1) is 20.1 Å². The number of aliphatic hydroxyl groups is 2. The Labute approximate surface area is 122 Å². The second kappa shape index (κ2) is 6.38. The van der Waals surface area contributed by atoms with Crippen LogP contribution < -0.4 is 11.2 Å². The van der Waals surface area contributed by atoms with Gasteiger partial charge in [0.2, 0.25) is 0 Å². The second-order valence-corrected chi connectivity index (χ2v) is 4.76. The molecule has 1 aromatic rings. The van der Waals surface area contributed by atoms with Gasteiger partial charge in [-0.05, 0) is 0 Å². The molecule has 1 aliphatic rings. The Kier molecular flexibility index (Phi) is 4.74. The summed E-state index contributed by atoms with van der Waals surface area (Å²) in [5.74, 6) is -0.715. The van der Waals surface area contributed by atoms with Gasteiger partial charge in [-0.25, -0.2) is 9.18 Å². The van der Waals surface area contributed by atoms with Gasteiger partial charge in [0.1, 0.15) is 12.2 Å². The molecule has 9 nitrogen and oxygen atoms in total. The minimum absolute atomic E-state index is 0.121. The van der Waals surface area contributed by atoms with Crippen molar-refractivity contribution in [3.05, 3.63) is 32.6 Å². The smallest absolute Gasteiger partial charge is 0.330 e. The molecule has 2 rings (SSSR count). The molecule has 1 aliphatic heterocycles. The molecule has 4 atom stereocenters. The number of aromatic amines is 1. The number of esters is 1. The third-order valence-corrected chi connectivity index (χ3v) is 3.35. The molecule has 1 unspecified atom stereocenters. The van der Waals surface area contributed by atoms with Gasteiger partial charge in [-0.2, -0.15) is 0 Å². The second-order valence-electron chi connectivity index (χ2n) is 4.76. The standard InChI is InChI=1S/C12H15FN2O7/c1-21-7(17)2-5-3-15(12(20)14-10(5)19)11-8(13)9(18)6(4-16)22-11/h3,6,8-9,11,16,18H,2,4H2,1H3,(H,14,19,20)/t6-,8+,9?,11-/m1/s1. The molecule has 3 N–H and O–H groups in total. The van der Waals surface area contributed by atoms with Gasteiger partial charge in [0.25, 0.3) is 5.56 Å². The van der Waals surface area contributed by atoms with E-state index in [9.17, 15) is 23.9 Å². The first-order valence-corrected chi connectivity index (χ1v) is 6.38. The number of aliphatic hydroxyl groups excluding tert-OH is 2. The molecule has 2 heterocycles. The van der Waals surface area contributed by atoms with Gasteiger partial charge < -0.3 is 19.7 Å². The maximum absolute atomic E-state index is 14.0. The Morgan fingerprint density at radius 1 is 1.55 bits per heavy atom. The van der Waals surface area contributed by atoms with Crippen LogP contribution in [0.15, 0.2) is 15.8 Å². The number of nitrogens with one attached hydrogen (secondary N) is 1. The van der Waals surface area contributed by atoms with Crippen LogP contribution in [-0.2, 0) is 20.7 Å². The van der Waals surface area contributed by atoms with Crippen LogP contribution in [0.1, 0.15) is 11.8 Å². The largest absolute Gasteiger partial charge is 0.469 e. The Balaban J connectivity index is 2.39. The minimum Gasteiger partial charge on any atom is -0.469 e. The highest BCUT2D eigenvalue weighted by Gasteiger charge is 2.45. The first-order valence-electron chi connectivity index (χ1n) is 6.38. The van der Waals surface area contributed by atoms with Crippen molar-refractivity contribution in [1.82, 2.24) is 9.55 Å². The fourth-order valence-corrected chi connectivity index (χ4v) is 2.15. The number of aromatic nitrogens is 2. The van der Waals surface area contributed by atoms with Gasteiger partial charge >= 0.3 is 11.7 Å². The quantitative estimate of drug-likeness (QED) is 0.539. The summed E-state index contributed by atoms with van der Waals surface area (Å²) in [6, 6.07) is 0. The SMILES string of the molecule is COC(=O)Cc1cn([C@@H]2O[C@H](CO)C(O)[C@@H]2F)c(=O)[nH]c1=O. The summed E-state index contributed by atoms with van der Waals surface area (Å²) in [5, 5.41) is 18.5. The summed E-state index contributed by atoms with van der Waals surface area (Å²) < 4.78 is 24.2. The normalized spacial score (nSPS) is 27.8. The van der Waals surface area contributed by atoms with Gasteiger partial charge in [-0.1, -0.05) is 0 Å². The van der Waals surface area contributed by atoms with Crippen LogP contribution in [0.2, 0.25) is 0 Å². The van der Waals surface area contributed by atoms with Crippen LogP contribution in [0.4, 0.5) is 4.39 Å². The fourth-order valence-electron chi connectivity index (χ4n) is 2.15. The van der Waals surface area contributed by atoms with Crippen molar-refractivity contribution in [2.24, 2.45) is 0 Å². The molecule has 0 saturated carbocycles. The van der Waals surface area contributed by atoms with Crippen molar-refractivity contribution in [3.8, 4) is 0 Å². The first-order chi connectivity index (χ1) is 10.4. The number of H-pyrrole nitrogens is 1. The Morgan fingerprint density at radius 2 is 2.23 bits per heavy atom. The lowest BCUT2D eigenvalue weighted by atomic mass is 10.1. The summed E-state index contributed by atoms with van der Waals surface area (Å²) >= 11 is 0. The number of nitrogens with zero attached hydrogens (tertiary/aromatic N) is 1. The number of carbonyl (C=O) groups is 1. The summed E-state index contributed by atoms with van der Waals surface area (Å²) in [6.45, 7) is -0.634. The van der Waals surface area contributed by atoms with Crippen LogP contribution >= 0.6 is 0 Å². The average Bonchev–Trinajstić information content (AvgIpc) is 2.77. The number of methoxy groups -OCH3 is 1. The number of carbonyl (C=O) groups excluding carboxylic acids is 1. The van der Waals surface area contributed by atoms with E-state index in [0.717, 1.165) is 17.9 Å². The number of hydrogen-bond acceptors (Lipinski definition) is 7. The Hall–Kier alpha value is -2.04. The van der Waals surface area contributed by atoms with E-state index in [-0.39, 0.29) is 5.56 Å². The molecule has 0 amide bonds. The lowest BCUT2D eigenvalue weighted by molar-refractivity contribution is -0.139. The van der Waals surface area contributed by atoms with Crippen LogP contribution in [-0.4, -0.2) is 57.8 Å². The van der Waals surface area contributed by atoms with E-state index in [1.165, 1.54) is 0 Å². The van der Waals surface area contributed by atoms with Gasteiger partial charge in [0, 0.05) is 11.8 Å². The topological polar surface area (TPSA) is 131 Å². The highest BCUT2D eigenvalue weighted by molar-refractivity contribution is 5.72. The molecule has 0 spiro atoms. The van der Waals surface area contributed by atoms with E-state index in [1.54, 1.807) is 0 Å². The average molecular weight is 318 g/mol. The van der Waals surface area contributed by atoms with Gasteiger partial charge in [-0.3, -0.25) is 19.1 Å². The van der Waals surface area contributed by atoms with Crippen LogP contribution in [0.25, 0.3) is 0 Å². The molecule has 0 radical (unpaired) electrons. The van der Waals surface area contributed by atoms with Crippen molar-refractivity contribution >= 4 is 5.97 Å². The molecule has 22 heavy (non-hydrogen) atoms. The molecular formula is C12H15FN2O7. The van der Waals surface area contributed by atoms with E-state index in [0.29, 0.717) is 0 Å². The number of halogens is 1. The monoisotopic (exact) mass is 318 g/mol. The lowest BCUT2D eigenvalue weighted by Gasteiger charge is -2.16. The van der Waals surface area contributed by atoms with E-state index in [1.807, 2.05) is 4.98 Å². The fraction of sp³-hybridized carbons (Fsp3) is 0.583. The predicted molar refractivity (Wildman–Crippen MR) is 68.9 cm³/mol. The molecular weight excluding hydrogens is 303 g/mol. The predicted octanol–water partition coefficient (Wildman–Crippen LogP) is -2.16. The van der Waals surface area contributed by atoms with Crippen molar-refractivity contribution in [3.63, 3.8) is 0 Å². The molecule has 0 bridgehead atoms. The van der Waals surface area contributed by atoms with Crippen LogP contribution in [0, 0.1) is 0 Å². The first kappa shape index (κ1) is 16.3. The summed E-state index contributed by atoms with van der Waals surface area (Å²) in [6.07, 6.45) is -5.75. The number of rotatable bonds is 4. The van der Waals surface area contributed by atoms with Crippen molar-refractivity contribution in [2.75, 3.05) is 13.7 Å². The molecule has 122 valence electrons. The molecule has 1 fully saturated rings. The zero-order valence-electron chi connectivity index (χ0n) is 11.6.